The first-order valence-electron chi connectivity index (χ1n) is 9.84. The van der Waals surface area contributed by atoms with Crippen LogP contribution in [0.2, 0.25) is 0 Å². The molecule has 1 aromatic carbocycles. The third kappa shape index (κ3) is 4.51. The van der Waals surface area contributed by atoms with Gasteiger partial charge in [-0.15, -0.1) is 4.40 Å². The monoisotopic (exact) mass is 391 g/mol. The van der Waals surface area contributed by atoms with Crippen LogP contribution in [0.4, 0.5) is 5.69 Å². The topological polar surface area (TPSA) is 78.8 Å². The van der Waals surface area contributed by atoms with Gasteiger partial charge in [-0.1, -0.05) is 20.3 Å². The summed E-state index contributed by atoms with van der Waals surface area (Å²) in [7, 11) is -3.77. The maximum Gasteiger partial charge on any atom is 0.286 e. The quantitative estimate of drug-likeness (QED) is 0.830. The number of anilines is 1. The van der Waals surface area contributed by atoms with Crippen molar-refractivity contribution in [2.45, 2.75) is 70.2 Å². The van der Waals surface area contributed by atoms with Crippen molar-refractivity contribution in [1.82, 2.24) is 5.32 Å². The van der Waals surface area contributed by atoms with Crippen LogP contribution < -0.4 is 10.2 Å². The van der Waals surface area contributed by atoms with Crippen LogP contribution in [0.3, 0.4) is 0 Å². The number of sulfonamides is 1. The summed E-state index contributed by atoms with van der Waals surface area (Å²) in [5.41, 5.74) is 1.01. The molecule has 1 fully saturated rings. The van der Waals surface area contributed by atoms with Gasteiger partial charge in [-0.25, -0.2) is 0 Å². The fraction of sp³-hybridized carbons (Fsp3) is 0.600. The molecule has 2 aliphatic rings. The molecule has 0 radical (unpaired) electrons. The summed E-state index contributed by atoms with van der Waals surface area (Å²) in [5, 5.41) is 2.97. The van der Waals surface area contributed by atoms with Crippen molar-refractivity contribution in [3.05, 3.63) is 23.8 Å². The minimum absolute atomic E-state index is 0.0442. The molecule has 148 valence electrons. The molecule has 2 heterocycles. The Kier molecular flexibility index (Phi) is 5.89. The van der Waals surface area contributed by atoms with Crippen LogP contribution in [-0.2, 0) is 10.0 Å². The minimum atomic E-state index is -3.77. The molecule has 27 heavy (non-hydrogen) atoms. The lowest BCUT2D eigenvalue weighted by Gasteiger charge is -2.29. The Morgan fingerprint density at radius 3 is 2.70 bits per heavy atom. The normalized spacial score (nSPS) is 19.6. The SMILES string of the molecule is CC(C)CCC(C)NC(=O)c1ccc2c(c1)S(=O)(=O)N=C1CCCCCN12. The average Bonchev–Trinajstić information content (AvgIpc) is 2.84. The lowest BCUT2D eigenvalue weighted by Crippen LogP contribution is -2.36. The lowest BCUT2D eigenvalue weighted by atomic mass is 10.0. The number of hydrogen-bond donors (Lipinski definition) is 1. The van der Waals surface area contributed by atoms with E-state index in [2.05, 4.69) is 23.6 Å². The molecular formula is C20H29N3O3S. The van der Waals surface area contributed by atoms with E-state index in [0.717, 1.165) is 38.6 Å². The van der Waals surface area contributed by atoms with Crippen LogP contribution in [0.1, 0.15) is 69.7 Å². The molecular weight excluding hydrogens is 362 g/mol. The van der Waals surface area contributed by atoms with Crippen molar-refractivity contribution in [3.63, 3.8) is 0 Å². The second-order valence-electron chi connectivity index (χ2n) is 7.97. The first-order valence-corrected chi connectivity index (χ1v) is 11.3. The third-order valence-corrected chi connectivity index (χ3v) is 6.50. The van der Waals surface area contributed by atoms with E-state index in [4.69, 9.17) is 0 Å². The zero-order chi connectivity index (χ0) is 19.6. The van der Waals surface area contributed by atoms with Gasteiger partial charge >= 0.3 is 0 Å². The van der Waals surface area contributed by atoms with Crippen LogP contribution in [0.25, 0.3) is 0 Å². The second kappa shape index (κ2) is 8.00. The zero-order valence-electron chi connectivity index (χ0n) is 16.4. The van der Waals surface area contributed by atoms with Crippen molar-refractivity contribution >= 4 is 27.5 Å². The molecule has 1 atom stereocenters. The van der Waals surface area contributed by atoms with Gasteiger partial charge < -0.3 is 10.2 Å². The van der Waals surface area contributed by atoms with Crippen molar-refractivity contribution in [2.75, 3.05) is 11.4 Å². The molecule has 7 heteroatoms. The smallest absolute Gasteiger partial charge is 0.286 e. The van der Waals surface area contributed by atoms with Gasteiger partial charge in [0.25, 0.3) is 15.9 Å². The van der Waals surface area contributed by atoms with E-state index in [1.54, 1.807) is 12.1 Å². The number of nitrogens with zero attached hydrogens (tertiary/aromatic N) is 2. The highest BCUT2D eigenvalue weighted by atomic mass is 32.2. The number of fused-ring (bicyclic) bond motifs is 3. The second-order valence-corrected chi connectivity index (χ2v) is 9.55. The van der Waals surface area contributed by atoms with Crippen molar-refractivity contribution in [1.29, 1.82) is 0 Å². The van der Waals surface area contributed by atoms with E-state index in [0.29, 0.717) is 29.4 Å². The van der Waals surface area contributed by atoms with Gasteiger partial charge in [0.15, 0.2) is 0 Å². The van der Waals surface area contributed by atoms with Gasteiger partial charge in [0, 0.05) is 24.6 Å². The van der Waals surface area contributed by atoms with Crippen LogP contribution in [0.15, 0.2) is 27.5 Å². The molecule has 1 N–H and O–H groups in total. The molecule has 3 rings (SSSR count). The third-order valence-electron chi connectivity index (χ3n) is 5.16. The summed E-state index contributed by atoms with van der Waals surface area (Å²) in [6.45, 7) is 7.04. The minimum Gasteiger partial charge on any atom is -0.350 e. The largest absolute Gasteiger partial charge is 0.350 e. The van der Waals surface area contributed by atoms with Crippen molar-refractivity contribution in [2.24, 2.45) is 10.3 Å². The molecule has 0 aliphatic carbocycles. The summed E-state index contributed by atoms with van der Waals surface area (Å²) >= 11 is 0. The lowest BCUT2D eigenvalue weighted by molar-refractivity contribution is 0.0937. The Labute approximate surface area is 162 Å². The van der Waals surface area contributed by atoms with E-state index in [1.165, 1.54) is 6.07 Å². The fourth-order valence-electron chi connectivity index (χ4n) is 3.58. The maximum absolute atomic E-state index is 12.7. The molecule has 0 spiro atoms. The number of amidine groups is 1. The molecule has 0 aromatic heterocycles. The van der Waals surface area contributed by atoms with Crippen LogP contribution in [0, 0.1) is 5.92 Å². The van der Waals surface area contributed by atoms with Gasteiger partial charge in [-0.05, 0) is 56.7 Å². The first kappa shape index (κ1) is 19.9. The van der Waals surface area contributed by atoms with Gasteiger partial charge in [-0.3, -0.25) is 4.79 Å². The highest BCUT2D eigenvalue weighted by Crippen LogP contribution is 2.35. The molecule has 2 aliphatic heterocycles. The molecule has 1 saturated heterocycles. The number of carbonyl (C=O) groups is 1. The molecule has 0 saturated carbocycles. The van der Waals surface area contributed by atoms with E-state index in [-0.39, 0.29) is 16.8 Å². The van der Waals surface area contributed by atoms with Crippen LogP contribution in [-0.4, -0.2) is 32.7 Å². The van der Waals surface area contributed by atoms with Gasteiger partial charge in [-0.2, -0.15) is 8.42 Å². The number of carbonyl (C=O) groups excluding carboxylic acids is 1. The van der Waals surface area contributed by atoms with Crippen molar-refractivity contribution in [3.8, 4) is 0 Å². The summed E-state index contributed by atoms with van der Waals surface area (Å²) in [4.78, 5) is 14.7. The number of hydrogen-bond acceptors (Lipinski definition) is 4. The summed E-state index contributed by atoms with van der Waals surface area (Å²) in [6, 6.07) is 4.98. The Bertz CT molecular complexity index is 846. The summed E-state index contributed by atoms with van der Waals surface area (Å²) < 4.78 is 29.4. The Morgan fingerprint density at radius 2 is 1.96 bits per heavy atom. The van der Waals surface area contributed by atoms with E-state index in [9.17, 15) is 13.2 Å². The maximum atomic E-state index is 12.7. The van der Waals surface area contributed by atoms with E-state index < -0.39 is 10.0 Å². The van der Waals surface area contributed by atoms with E-state index >= 15 is 0 Å². The highest BCUT2D eigenvalue weighted by Gasteiger charge is 2.32. The number of benzene rings is 1. The molecule has 1 unspecified atom stereocenters. The number of rotatable bonds is 5. The van der Waals surface area contributed by atoms with Crippen molar-refractivity contribution < 1.29 is 13.2 Å². The molecule has 0 bridgehead atoms. The summed E-state index contributed by atoms with van der Waals surface area (Å²) in [5.74, 6) is 0.966. The first-order chi connectivity index (χ1) is 12.8. The molecule has 1 aromatic rings. The number of amides is 1. The number of nitrogens with one attached hydrogen (secondary N) is 1. The van der Waals surface area contributed by atoms with Gasteiger partial charge in [0.1, 0.15) is 10.7 Å². The Morgan fingerprint density at radius 1 is 1.19 bits per heavy atom. The van der Waals surface area contributed by atoms with Gasteiger partial charge in [0.05, 0.1) is 5.69 Å². The standard InChI is InChI=1S/C20H29N3O3S/c1-14(2)8-9-15(3)21-20(24)16-10-11-17-18(13-16)27(25,26)22-19-7-5-4-6-12-23(17)19/h10-11,13-15H,4-9,12H2,1-3H3,(H,21,24). The molecule has 1 amide bonds. The predicted molar refractivity (Wildman–Crippen MR) is 108 cm³/mol. The highest BCUT2D eigenvalue weighted by molar-refractivity contribution is 7.90. The predicted octanol–water partition coefficient (Wildman–Crippen LogP) is 3.72. The van der Waals surface area contributed by atoms with Gasteiger partial charge in [0.2, 0.25) is 0 Å². The van der Waals surface area contributed by atoms with Crippen LogP contribution in [0.5, 0.6) is 0 Å². The average molecular weight is 392 g/mol. The molecule has 6 nitrogen and oxygen atoms in total. The van der Waals surface area contributed by atoms with Crippen LogP contribution >= 0.6 is 0 Å². The van der Waals surface area contributed by atoms with E-state index in [1.807, 2.05) is 11.8 Å². The summed E-state index contributed by atoms with van der Waals surface area (Å²) in [6.07, 6.45) is 5.64. The zero-order valence-corrected chi connectivity index (χ0v) is 17.2. The Balaban J connectivity index is 1.84. The fourth-order valence-corrected chi connectivity index (χ4v) is 4.87. The Hall–Kier alpha value is -1.89.